The van der Waals surface area contributed by atoms with E-state index in [9.17, 15) is 9.13 Å². The molecule has 2 aromatic rings. The summed E-state index contributed by atoms with van der Waals surface area (Å²) in [6, 6.07) is 7.94. The summed E-state index contributed by atoms with van der Waals surface area (Å²) in [6.07, 6.45) is 6.04. The van der Waals surface area contributed by atoms with Gasteiger partial charge in [-0.05, 0) is 0 Å². The first-order chi connectivity index (χ1) is 9.85. The van der Waals surface area contributed by atoms with Crippen molar-refractivity contribution in [3.05, 3.63) is 48.5 Å². The third-order valence-electron chi connectivity index (χ3n) is 2.87. The zero-order valence-corrected chi connectivity index (χ0v) is 14.9. The quantitative estimate of drug-likeness (QED) is 0.554. The molecule has 4 nitrogen and oxygen atoms in total. The Labute approximate surface area is 144 Å². The van der Waals surface area contributed by atoms with Crippen LogP contribution in [0, 0.1) is 0 Å². The van der Waals surface area contributed by atoms with Crippen LogP contribution >= 0.6 is 28.6 Å². The Morgan fingerprint density at radius 1 is 1.05 bits per heavy atom. The molecule has 8 heteroatoms. The molecule has 0 spiro atoms. The van der Waals surface area contributed by atoms with Crippen molar-refractivity contribution in [2.24, 2.45) is 0 Å². The molecule has 114 valence electrons. The molecule has 0 amide bonds. The number of hydrogen-bond acceptors (Lipinski definition) is 3. The van der Waals surface area contributed by atoms with Gasteiger partial charge in [-0.3, -0.25) is 0 Å². The number of halogens is 2. The predicted octanol–water partition coefficient (Wildman–Crippen LogP) is 0.192. The van der Waals surface area contributed by atoms with Gasteiger partial charge in [0.05, 0.1) is 0 Å². The summed E-state index contributed by atoms with van der Waals surface area (Å²) in [6.45, 7) is 0.556. The van der Waals surface area contributed by atoms with Crippen LogP contribution in [0.3, 0.4) is 0 Å². The molecule has 0 N–H and O–H groups in total. The van der Waals surface area contributed by atoms with Crippen molar-refractivity contribution in [2.75, 3.05) is 0 Å². The Morgan fingerprint density at radius 2 is 1.73 bits per heavy atom. The summed E-state index contributed by atoms with van der Waals surface area (Å²) in [5.74, 6) is 3.31. The van der Waals surface area contributed by atoms with Gasteiger partial charge in [0.1, 0.15) is 0 Å². The number of hydrogen-bond donors (Lipinski definition) is 0. The van der Waals surface area contributed by atoms with Crippen LogP contribution in [-0.4, -0.2) is 16.6 Å². The second-order valence-electron chi connectivity index (χ2n) is 4.08. The SMILES string of the molecule is Cl.O=[P+]=CCc1cc(-c2ccncc2)cc[n+]1CC=[P+]=O.[Cl-]. The zero-order valence-electron chi connectivity index (χ0n) is 11.5. The van der Waals surface area contributed by atoms with Gasteiger partial charge in [-0.15, -0.1) is 12.4 Å². The molecule has 0 atom stereocenters. The van der Waals surface area contributed by atoms with E-state index in [0.717, 1.165) is 16.8 Å². The maximum Gasteiger partial charge on any atom is -1.00 e. The molecule has 22 heavy (non-hydrogen) atoms. The smallest absolute Gasteiger partial charge is 1.00 e. The van der Waals surface area contributed by atoms with Crippen molar-refractivity contribution < 1.29 is 26.1 Å². The van der Waals surface area contributed by atoms with Crippen LogP contribution in [0.25, 0.3) is 11.1 Å². The molecule has 0 aliphatic heterocycles. The third-order valence-corrected chi connectivity index (χ3v) is 3.51. The second-order valence-corrected chi connectivity index (χ2v) is 5.23. The first kappa shape index (κ1) is 21.1. The van der Waals surface area contributed by atoms with Gasteiger partial charge in [-0.25, -0.2) is 0 Å². The number of rotatable bonds is 5. The predicted molar refractivity (Wildman–Crippen MR) is 88.2 cm³/mol. The Kier molecular flexibility index (Phi) is 11.1. The van der Waals surface area contributed by atoms with E-state index in [1.165, 1.54) is 0 Å². The molecule has 0 fully saturated rings. The molecule has 0 aromatic carbocycles. The van der Waals surface area contributed by atoms with E-state index in [1.807, 2.05) is 35.0 Å². The molecule has 0 aliphatic rings. The number of aromatic nitrogens is 2. The largest absolute Gasteiger partial charge is 1.00 e. The average Bonchev–Trinajstić information content (AvgIpc) is 2.52. The topological polar surface area (TPSA) is 50.9 Å². The van der Waals surface area contributed by atoms with Crippen LogP contribution in [0.4, 0.5) is 0 Å². The van der Waals surface area contributed by atoms with Crippen LogP contribution in [0.5, 0.6) is 0 Å². The monoisotopic (exact) mass is 374 g/mol. The van der Waals surface area contributed by atoms with E-state index in [0.29, 0.717) is 13.0 Å². The third kappa shape index (κ3) is 6.06. The van der Waals surface area contributed by atoms with E-state index < -0.39 is 0 Å². The van der Waals surface area contributed by atoms with Gasteiger partial charge < -0.3 is 12.4 Å². The zero-order chi connectivity index (χ0) is 14.2. The Hall–Kier alpha value is -0.920. The van der Waals surface area contributed by atoms with Crippen LogP contribution in [0.15, 0.2) is 42.9 Å². The second kappa shape index (κ2) is 11.6. The van der Waals surface area contributed by atoms with Crippen LogP contribution in [0.2, 0.25) is 0 Å². The van der Waals surface area contributed by atoms with Gasteiger partial charge in [-0.2, -0.15) is 0 Å². The van der Waals surface area contributed by atoms with Gasteiger partial charge in [0.2, 0.25) is 0 Å². The molecule has 0 aliphatic carbocycles. The van der Waals surface area contributed by atoms with Crippen molar-refractivity contribution in [3.8, 4) is 11.1 Å². The van der Waals surface area contributed by atoms with Gasteiger partial charge in [0, 0.05) is 0 Å². The standard InChI is InChI=1S/C14H13N2O2P2.2ClH/c17-19-9-4-14-11-13(12-1-5-15-6-2-12)3-7-16(14)8-10-20-18;;/h1-3,5-7,9-11H,4,8H2;2*1H/q+3;;/p-1. The average molecular weight is 375 g/mol. The Balaban J connectivity index is 0.00000220. The Bertz CT molecular complexity index is 701. The van der Waals surface area contributed by atoms with E-state index in [2.05, 4.69) is 4.98 Å². The Morgan fingerprint density at radius 3 is 2.36 bits per heavy atom. The van der Waals surface area contributed by atoms with E-state index in [-0.39, 0.29) is 41.0 Å². The minimum Gasteiger partial charge on any atom is -1.00 e. The van der Waals surface area contributed by atoms with Gasteiger partial charge in [0.25, 0.3) is 0 Å². The molecule has 2 aromatic heterocycles. The van der Waals surface area contributed by atoms with E-state index >= 15 is 0 Å². The van der Waals surface area contributed by atoms with Crippen molar-refractivity contribution in [1.82, 2.24) is 4.98 Å². The molecule has 0 radical (unpaired) electrons. The van der Waals surface area contributed by atoms with Crippen LogP contribution in [-0.2, 0) is 22.1 Å². The normalized spacial score (nSPS) is 8.91. The molecule has 0 bridgehead atoms. The van der Waals surface area contributed by atoms with Crippen molar-refractivity contribution >= 4 is 40.2 Å². The summed E-state index contributed by atoms with van der Waals surface area (Å²) in [4.78, 5) is 4.01. The maximum atomic E-state index is 10.6. The molecule has 0 saturated carbocycles. The summed E-state index contributed by atoms with van der Waals surface area (Å²) >= 11 is 0. The van der Waals surface area contributed by atoms with Gasteiger partial charge in [-0.1, -0.05) is 0 Å². The molecular weight excluding hydrogens is 361 g/mol. The summed E-state index contributed by atoms with van der Waals surface area (Å²) < 4.78 is 23.2. The fourth-order valence-electron chi connectivity index (χ4n) is 1.91. The van der Waals surface area contributed by atoms with Crippen molar-refractivity contribution in [3.63, 3.8) is 0 Å². The summed E-state index contributed by atoms with van der Waals surface area (Å²) in [7, 11) is 0.0291. The first-order valence-corrected chi connectivity index (χ1v) is 7.82. The van der Waals surface area contributed by atoms with Crippen molar-refractivity contribution in [1.29, 1.82) is 0 Å². The van der Waals surface area contributed by atoms with E-state index in [4.69, 9.17) is 0 Å². The molecule has 2 heterocycles. The minimum atomic E-state index is 0. The number of pyridine rings is 2. The minimum absolute atomic E-state index is 0. The van der Waals surface area contributed by atoms with Crippen molar-refractivity contribution in [2.45, 2.75) is 13.0 Å². The summed E-state index contributed by atoms with van der Waals surface area (Å²) in [5.41, 5.74) is 3.18. The van der Waals surface area contributed by atoms with Gasteiger partial charge in [0.15, 0.2) is 0 Å². The van der Waals surface area contributed by atoms with Gasteiger partial charge >= 0.3 is 119 Å². The molecule has 0 unspecified atom stereocenters. The molecular formula is C14H14Cl2N2O2P2+2. The van der Waals surface area contributed by atoms with E-state index in [1.54, 1.807) is 24.0 Å². The van der Waals surface area contributed by atoms with Crippen LogP contribution in [0.1, 0.15) is 5.69 Å². The van der Waals surface area contributed by atoms with Crippen LogP contribution < -0.4 is 17.0 Å². The fourth-order valence-corrected chi connectivity index (χ4v) is 2.41. The molecule has 2 rings (SSSR count). The molecule has 0 saturated heterocycles. The number of nitrogens with zero attached hydrogens (tertiary/aromatic N) is 2. The maximum absolute atomic E-state index is 10.6. The summed E-state index contributed by atoms with van der Waals surface area (Å²) in [5, 5.41) is 0. The fraction of sp³-hybridized carbons (Fsp3) is 0.143. The first-order valence-electron chi connectivity index (χ1n) is 6.06.